The number of esters is 1. The molecule has 0 aliphatic carbocycles. The Balaban J connectivity index is 1.99. The van der Waals surface area contributed by atoms with Gasteiger partial charge in [0.05, 0.1) is 6.26 Å². The number of amides is 1. The van der Waals surface area contributed by atoms with Crippen molar-refractivity contribution in [3.05, 3.63) is 83.1 Å². The Morgan fingerprint density at radius 2 is 1.79 bits per heavy atom. The number of carbonyl (C=O) groups excluding carboxylic acids is 2. The molecule has 178 valence electrons. The minimum atomic E-state index is -2.71. The largest absolute Gasteiger partial charge is 0.464 e. The van der Waals surface area contributed by atoms with Crippen molar-refractivity contribution in [3.63, 3.8) is 0 Å². The summed E-state index contributed by atoms with van der Waals surface area (Å²) in [5, 5.41) is 9.93. The second kappa shape index (κ2) is 10.3. The topological polar surface area (TPSA) is 128 Å². The summed E-state index contributed by atoms with van der Waals surface area (Å²) in [6.07, 6.45) is 1.35. The summed E-state index contributed by atoms with van der Waals surface area (Å²) in [5.74, 6) is -7.02. The lowest BCUT2D eigenvalue weighted by Crippen LogP contribution is -2.50. The molecule has 8 nitrogen and oxygen atoms in total. The van der Waals surface area contributed by atoms with Crippen LogP contribution in [0.5, 0.6) is 0 Å². The monoisotopic (exact) mass is 471 g/mol. The van der Waals surface area contributed by atoms with E-state index in [0.717, 1.165) is 19.1 Å². The number of halogens is 2. The van der Waals surface area contributed by atoms with E-state index in [2.05, 4.69) is 5.32 Å². The van der Waals surface area contributed by atoms with Crippen molar-refractivity contribution in [1.29, 1.82) is 5.41 Å². The lowest BCUT2D eigenvalue weighted by atomic mass is 9.99. The number of amidine groups is 1. The first-order valence-corrected chi connectivity index (χ1v) is 10.3. The van der Waals surface area contributed by atoms with E-state index in [1.807, 2.05) is 0 Å². The maximum Gasteiger partial charge on any atom is 0.326 e. The normalized spacial score (nSPS) is 12.6. The van der Waals surface area contributed by atoms with Gasteiger partial charge >= 0.3 is 11.8 Å². The molecule has 3 aromatic rings. The van der Waals surface area contributed by atoms with Gasteiger partial charge < -0.3 is 24.9 Å². The first-order chi connectivity index (χ1) is 16.2. The number of benzene rings is 2. The van der Waals surface area contributed by atoms with Crippen LogP contribution in [-0.2, 0) is 31.4 Å². The molecule has 2 aromatic carbocycles. The average molecular weight is 471 g/mol. The van der Waals surface area contributed by atoms with Crippen LogP contribution < -0.4 is 11.1 Å². The number of furan rings is 1. The SMILES string of the molecule is CCO[C@@](OC(C)=O)(C(=O)NCc1ccc(C(=N)N)cc1)c1c(F)cc(-c2ccco2)cc1F. The Morgan fingerprint density at radius 1 is 1.15 bits per heavy atom. The Morgan fingerprint density at radius 3 is 2.29 bits per heavy atom. The van der Waals surface area contributed by atoms with Gasteiger partial charge in [0.1, 0.15) is 28.8 Å². The zero-order chi connectivity index (χ0) is 24.9. The van der Waals surface area contributed by atoms with Gasteiger partial charge in [0, 0.05) is 31.2 Å². The Hall–Kier alpha value is -4.05. The molecule has 4 N–H and O–H groups in total. The number of rotatable bonds is 9. The van der Waals surface area contributed by atoms with Gasteiger partial charge in [-0.05, 0) is 36.8 Å². The van der Waals surface area contributed by atoms with Crippen molar-refractivity contribution in [2.75, 3.05) is 6.61 Å². The Kier molecular flexibility index (Phi) is 7.42. The van der Waals surface area contributed by atoms with E-state index in [4.69, 9.17) is 25.0 Å². The van der Waals surface area contributed by atoms with Crippen LogP contribution in [0.1, 0.15) is 30.5 Å². The van der Waals surface area contributed by atoms with E-state index in [-0.39, 0.29) is 30.3 Å². The molecule has 1 aromatic heterocycles. The van der Waals surface area contributed by atoms with Gasteiger partial charge in [-0.3, -0.25) is 15.0 Å². The molecule has 1 atom stereocenters. The molecule has 3 rings (SSSR count). The summed E-state index contributed by atoms with van der Waals surface area (Å²) in [6, 6.07) is 11.4. The predicted octanol–water partition coefficient (Wildman–Crippen LogP) is 3.58. The van der Waals surface area contributed by atoms with Gasteiger partial charge in [0.2, 0.25) is 0 Å². The third kappa shape index (κ3) is 5.12. The number of nitrogen functional groups attached to an aromatic ring is 1. The summed E-state index contributed by atoms with van der Waals surface area (Å²) < 4.78 is 46.2. The predicted molar refractivity (Wildman–Crippen MR) is 118 cm³/mol. The maximum atomic E-state index is 15.3. The first-order valence-electron chi connectivity index (χ1n) is 10.3. The number of hydrogen-bond donors (Lipinski definition) is 3. The molecule has 0 saturated heterocycles. The van der Waals surface area contributed by atoms with E-state index < -0.39 is 34.9 Å². The minimum absolute atomic E-state index is 0.0825. The molecule has 1 heterocycles. The molecule has 0 fully saturated rings. The number of hydrogen-bond acceptors (Lipinski definition) is 6. The molecule has 0 aliphatic rings. The minimum Gasteiger partial charge on any atom is -0.464 e. The van der Waals surface area contributed by atoms with Crippen LogP contribution in [0.4, 0.5) is 8.78 Å². The number of carbonyl (C=O) groups is 2. The van der Waals surface area contributed by atoms with Crippen LogP contribution in [-0.4, -0.2) is 24.3 Å². The fourth-order valence-electron chi connectivity index (χ4n) is 3.36. The highest BCUT2D eigenvalue weighted by Gasteiger charge is 2.49. The van der Waals surface area contributed by atoms with E-state index in [1.165, 1.54) is 19.3 Å². The van der Waals surface area contributed by atoms with Gasteiger partial charge in [-0.25, -0.2) is 8.78 Å². The molecule has 0 radical (unpaired) electrons. The second-order valence-corrected chi connectivity index (χ2v) is 7.23. The third-order valence-electron chi connectivity index (χ3n) is 4.83. The zero-order valence-electron chi connectivity index (χ0n) is 18.5. The molecule has 10 heteroatoms. The van der Waals surface area contributed by atoms with Crippen LogP contribution in [0.3, 0.4) is 0 Å². The highest BCUT2D eigenvalue weighted by Crippen LogP contribution is 2.35. The highest BCUT2D eigenvalue weighted by atomic mass is 19.1. The summed E-state index contributed by atoms with van der Waals surface area (Å²) in [4.78, 5) is 25.1. The highest BCUT2D eigenvalue weighted by molar-refractivity contribution is 5.95. The van der Waals surface area contributed by atoms with Gasteiger partial charge in [-0.15, -0.1) is 0 Å². The molecular formula is C24H23F2N3O5. The fraction of sp³-hybridized carbons (Fsp3) is 0.208. The molecule has 0 unspecified atom stereocenters. The Bertz CT molecular complexity index is 1170. The molecule has 0 bridgehead atoms. The van der Waals surface area contributed by atoms with Crippen molar-refractivity contribution in [2.24, 2.45) is 5.73 Å². The van der Waals surface area contributed by atoms with Crippen molar-refractivity contribution in [2.45, 2.75) is 26.2 Å². The molecule has 0 spiro atoms. The van der Waals surface area contributed by atoms with E-state index in [1.54, 1.807) is 30.3 Å². The smallest absolute Gasteiger partial charge is 0.326 e. The van der Waals surface area contributed by atoms with Crippen LogP contribution in [0, 0.1) is 17.0 Å². The third-order valence-corrected chi connectivity index (χ3v) is 4.83. The van der Waals surface area contributed by atoms with Crippen LogP contribution in [0.2, 0.25) is 0 Å². The maximum absolute atomic E-state index is 15.3. The fourth-order valence-corrected chi connectivity index (χ4v) is 3.36. The number of ether oxygens (including phenoxy) is 2. The number of nitrogens with two attached hydrogens (primary N) is 1. The summed E-state index contributed by atoms with van der Waals surface area (Å²) in [7, 11) is 0. The second-order valence-electron chi connectivity index (χ2n) is 7.23. The van der Waals surface area contributed by atoms with Gasteiger partial charge in [0.15, 0.2) is 0 Å². The number of nitrogens with one attached hydrogen (secondary N) is 2. The molecule has 0 saturated carbocycles. The van der Waals surface area contributed by atoms with Crippen LogP contribution in [0.15, 0.2) is 59.2 Å². The van der Waals surface area contributed by atoms with Crippen LogP contribution in [0.25, 0.3) is 11.3 Å². The Labute approximate surface area is 194 Å². The van der Waals surface area contributed by atoms with Crippen molar-refractivity contribution < 1.29 is 32.3 Å². The average Bonchev–Trinajstić information content (AvgIpc) is 3.32. The molecular weight excluding hydrogens is 448 g/mol. The quantitative estimate of drug-likeness (QED) is 0.189. The van der Waals surface area contributed by atoms with Crippen molar-refractivity contribution >= 4 is 17.7 Å². The first kappa shape index (κ1) is 24.6. The lowest BCUT2D eigenvalue weighted by Gasteiger charge is -2.32. The van der Waals surface area contributed by atoms with Gasteiger partial charge in [-0.1, -0.05) is 24.3 Å². The zero-order valence-corrected chi connectivity index (χ0v) is 18.5. The summed E-state index contributed by atoms with van der Waals surface area (Å²) >= 11 is 0. The lowest BCUT2D eigenvalue weighted by molar-refractivity contribution is -0.233. The summed E-state index contributed by atoms with van der Waals surface area (Å²) in [5.41, 5.74) is 5.73. The molecule has 1 amide bonds. The standard InChI is InChI=1S/C24H23F2N3O5/c1-3-33-24(34-14(2)30,23(31)29-13-15-6-8-16(9-7-15)22(27)28)21-18(25)11-17(12-19(21)26)20-5-4-10-32-20/h4-12H,3,13H2,1-2H3,(H3,27,28)(H,29,31)/t24-/m0/s1. The van der Waals surface area contributed by atoms with Crippen molar-refractivity contribution in [1.82, 2.24) is 5.32 Å². The van der Waals surface area contributed by atoms with Gasteiger partial charge in [-0.2, -0.15) is 0 Å². The molecule has 0 aliphatic heterocycles. The van der Waals surface area contributed by atoms with E-state index in [9.17, 15) is 9.59 Å². The molecule has 34 heavy (non-hydrogen) atoms. The van der Waals surface area contributed by atoms with Crippen molar-refractivity contribution in [3.8, 4) is 11.3 Å². The van der Waals surface area contributed by atoms with E-state index in [0.29, 0.717) is 11.1 Å². The van der Waals surface area contributed by atoms with Gasteiger partial charge in [0.25, 0.3) is 5.91 Å². The van der Waals surface area contributed by atoms with Crippen LogP contribution >= 0.6 is 0 Å². The van der Waals surface area contributed by atoms with E-state index >= 15 is 8.78 Å². The summed E-state index contributed by atoms with van der Waals surface area (Å²) in [6.45, 7) is 2.20.